The summed E-state index contributed by atoms with van der Waals surface area (Å²) in [4.78, 5) is 3.38. The third-order valence-electron chi connectivity index (χ3n) is 1.16. The van der Waals surface area contributed by atoms with Crippen molar-refractivity contribution in [2.24, 2.45) is 0 Å². The van der Waals surface area contributed by atoms with Crippen LogP contribution in [0, 0.1) is 12.4 Å². The van der Waals surface area contributed by atoms with E-state index in [-0.39, 0.29) is 5.82 Å². The molecule has 0 saturated heterocycles. The van der Waals surface area contributed by atoms with E-state index in [0.29, 0.717) is 6.54 Å². The van der Waals surface area contributed by atoms with Crippen LogP contribution in [0.5, 0.6) is 0 Å². The molecule has 0 fully saturated rings. The van der Waals surface area contributed by atoms with E-state index in [1.54, 1.807) is 12.1 Å². The maximum atomic E-state index is 12.4. The molecular formula is C8H7FN+. The van der Waals surface area contributed by atoms with Gasteiger partial charge in [0.1, 0.15) is 5.82 Å². The van der Waals surface area contributed by atoms with E-state index in [9.17, 15) is 4.39 Å². The van der Waals surface area contributed by atoms with E-state index >= 15 is 0 Å². The van der Waals surface area contributed by atoms with Crippen molar-refractivity contribution in [2.75, 3.05) is 0 Å². The molecule has 10 heavy (non-hydrogen) atoms. The highest BCUT2D eigenvalue weighted by atomic mass is 19.1. The normalized spacial score (nSPS) is 8.80. The molecule has 1 aromatic carbocycles. The standard InChI is InChI=1S/C8H7FN/c1-10-6-7-3-2-4-8(9)5-7/h1-5H,6H2/q+1. The third-order valence-corrected chi connectivity index (χ3v) is 1.16. The molecule has 0 bridgehead atoms. The fraction of sp³-hybridized carbons (Fsp3) is 0.125. The van der Waals surface area contributed by atoms with Gasteiger partial charge in [-0.25, -0.2) is 4.39 Å². The van der Waals surface area contributed by atoms with Crippen LogP contribution in [0.15, 0.2) is 24.3 Å². The number of hydrogen-bond acceptors (Lipinski definition) is 0. The summed E-state index contributed by atoms with van der Waals surface area (Å²) in [6, 6.07) is 6.21. The van der Waals surface area contributed by atoms with Crippen molar-refractivity contribution in [3.63, 3.8) is 0 Å². The highest BCUT2D eigenvalue weighted by molar-refractivity contribution is 5.17. The van der Waals surface area contributed by atoms with Gasteiger partial charge in [0.2, 0.25) is 0 Å². The van der Waals surface area contributed by atoms with Gasteiger partial charge in [-0.1, -0.05) is 17.0 Å². The second kappa shape index (κ2) is 2.98. The van der Waals surface area contributed by atoms with Crippen LogP contribution < -0.4 is 0 Å². The predicted molar refractivity (Wildman–Crippen MR) is 38.4 cm³/mol. The summed E-state index contributed by atoms with van der Waals surface area (Å²) in [5.74, 6) is -0.249. The lowest BCUT2D eigenvalue weighted by Gasteiger charge is -1.87. The quantitative estimate of drug-likeness (QED) is 0.558. The molecule has 0 atom stereocenters. The van der Waals surface area contributed by atoms with E-state index < -0.39 is 0 Å². The Morgan fingerprint density at radius 2 is 2.30 bits per heavy atom. The minimum absolute atomic E-state index is 0.249. The predicted octanol–water partition coefficient (Wildman–Crippen LogP) is 2.29. The van der Waals surface area contributed by atoms with E-state index in [4.69, 9.17) is 6.57 Å². The fourth-order valence-electron chi connectivity index (χ4n) is 0.741. The van der Waals surface area contributed by atoms with Crippen LogP contribution >= 0.6 is 0 Å². The summed E-state index contributed by atoms with van der Waals surface area (Å²) in [7, 11) is 0. The molecule has 0 amide bonds. The molecule has 0 radical (unpaired) electrons. The molecule has 0 aliphatic heterocycles. The second-order valence-corrected chi connectivity index (χ2v) is 1.97. The maximum absolute atomic E-state index is 12.4. The van der Waals surface area contributed by atoms with Crippen LogP contribution in [0.1, 0.15) is 5.56 Å². The van der Waals surface area contributed by atoms with Gasteiger partial charge in [-0.05, 0) is 12.1 Å². The topological polar surface area (TPSA) is 4.36 Å². The molecule has 50 valence electrons. The summed E-state index contributed by atoms with van der Waals surface area (Å²) in [6.07, 6.45) is 0. The Kier molecular flexibility index (Phi) is 2.01. The lowest BCUT2D eigenvalue weighted by Crippen LogP contribution is -1.79. The van der Waals surface area contributed by atoms with Gasteiger partial charge in [0.05, 0.1) is 0 Å². The van der Waals surface area contributed by atoms with Crippen LogP contribution in [0.2, 0.25) is 0 Å². The first kappa shape index (κ1) is 6.76. The zero-order chi connectivity index (χ0) is 7.40. The second-order valence-electron chi connectivity index (χ2n) is 1.97. The lowest BCUT2D eigenvalue weighted by atomic mass is 10.2. The number of halogens is 1. The van der Waals surface area contributed by atoms with Crippen LogP contribution in [0.3, 0.4) is 0 Å². The highest BCUT2D eigenvalue weighted by Gasteiger charge is 1.96. The zero-order valence-electron chi connectivity index (χ0n) is 5.42. The first-order chi connectivity index (χ1) is 4.83. The van der Waals surface area contributed by atoms with Gasteiger partial charge in [0, 0.05) is 5.56 Å². The Morgan fingerprint density at radius 3 is 2.90 bits per heavy atom. The fourth-order valence-corrected chi connectivity index (χ4v) is 0.741. The van der Waals surface area contributed by atoms with Crippen molar-refractivity contribution in [1.29, 1.82) is 0 Å². The number of hydrogen-bond donors (Lipinski definition) is 0. The summed E-state index contributed by atoms with van der Waals surface area (Å²) in [6.45, 7) is 5.29. The Balaban J connectivity index is 2.87. The van der Waals surface area contributed by atoms with Crippen molar-refractivity contribution in [1.82, 2.24) is 0 Å². The molecule has 0 unspecified atom stereocenters. The molecule has 1 nitrogen and oxygen atoms in total. The van der Waals surface area contributed by atoms with Gasteiger partial charge < -0.3 is 0 Å². The zero-order valence-corrected chi connectivity index (χ0v) is 5.42. The molecule has 0 N–H and O–H groups in total. The van der Waals surface area contributed by atoms with E-state index in [1.165, 1.54) is 12.1 Å². The molecule has 2 heteroatoms. The maximum Gasteiger partial charge on any atom is 0.288 e. The van der Waals surface area contributed by atoms with Crippen molar-refractivity contribution in [3.05, 3.63) is 40.5 Å². The van der Waals surface area contributed by atoms with Crippen molar-refractivity contribution in [2.45, 2.75) is 6.54 Å². The number of nitrogens with zero attached hydrogens (tertiary/aromatic N) is 1. The lowest BCUT2D eigenvalue weighted by molar-refractivity contribution is 0.626. The molecule has 0 saturated carbocycles. The molecule has 0 heterocycles. The smallest absolute Gasteiger partial charge is 0.207 e. The van der Waals surface area contributed by atoms with Gasteiger partial charge in [0.15, 0.2) is 0 Å². The summed E-state index contributed by atoms with van der Waals surface area (Å²) in [5.41, 5.74) is 0.794. The summed E-state index contributed by atoms with van der Waals surface area (Å²) < 4.78 is 12.4. The summed E-state index contributed by atoms with van der Waals surface area (Å²) >= 11 is 0. The Morgan fingerprint density at radius 1 is 1.50 bits per heavy atom. The van der Waals surface area contributed by atoms with Crippen LogP contribution in [0.25, 0.3) is 4.85 Å². The van der Waals surface area contributed by atoms with Gasteiger partial charge >= 0.3 is 0 Å². The first-order valence-electron chi connectivity index (χ1n) is 2.94. The highest BCUT2D eigenvalue weighted by Crippen LogP contribution is 2.03. The molecule has 1 rings (SSSR count). The average molecular weight is 136 g/mol. The van der Waals surface area contributed by atoms with E-state index in [0.717, 1.165) is 5.56 Å². The van der Waals surface area contributed by atoms with Crippen molar-refractivity contribution >= 4 is 0 Å². The monoisotopic (exact) mass is 136 g/mol. The van der Waals surface area contributed by atoms with Crippen molar-refractivity contribution < 1.29 is 4.39 Å². The minimum Gasteiger partial charge on any atom is -0.207 e. The van der Waals surface area contributed by atoms with Crippen LogP contribution in [-0.4, -0.2) is 0 Å². The van der Waals surface area contributed by atoms with Gasteiger partial charge in [0.25, 0.3) is 13.1 Å². The molecule has 0 aromatic heterocycles. The first-order valence-corrected chi connectivity index (χ1v) is 2.94. The Labute approximate surface area is 58.9 Å². The molecule has 0 aliphatic rings. The van der Waals surface area contributed by atoms with Crippen LogP contribution in [0.4, 0.5) is 4.39 Å². The number of rotatable bonds is 1. The minimum atomic E-state index is -0.249. The summed E-state index contributed by atoms with van der Waals surface area (Å²) in [5, 5.41) is 0. The Bertz CT molecular complexity index is 262. The molecule has 0 aliphatic carbocycles. The van der Waals surface area contributed by atoms with Gasteiger partial charge in [-0.2, -0.15) is 0 Å². The molecule has 0 spiro atoms. The Hall–Kier alpha value is -1.36. The largest absolute Gasteiger partial charge is 0.288 e. The van der Waals surface area contributed by atoms with E-state index in [2.05, 4.69) is 4.85 Å². The number of benzene rings is 1. The van der Waals surface area contributed by atoms with Crippen LogP contribution in [-0.2, 0) is 6.54 Å². The average Bonchev–Trinajstić information content (AvgIpc) is 1.88. The SMILES string of the molecule is C#[N+]Cc1cccc(F)c1. The van der Waals surface area contributed by atoms with Gasteiger partial charge in [-0.3, -0.25) is 0 Å². The van der Waals surface area contributed by atoms with Crippen molar-refractivity contribution in [3.8, 4) is 6.57 Å². The molecule has 1 aromatic rings. The third kappa shape index (κ3) is 1.56. The van der Waals surface area contributed by atoms with Gasteiger partial charge in [-0.15, -0.1) is 0 Å². The van der Waals surface area contributed by atoms with E-state index in [1.807, 2.05) is 0 Å². The molecular weight excluding hydrogens is 129 g/mol.